The molecule has 2 aromatic heterocycles. The van der Waals surface area contributed by atoms with Gasteiger partial charge in [-0.1, -0.05) is 0 Å². The van der Waals surface area contributed by atoms with E-state index in [1.54, 1.807) is 20.0 Å². The Labute approximate surface area is 140 Å². The molecule has 8 nitrogen and oxygen atoms in total. The molecule has 0 saturated carbocycles. The summed E-state index contributed by atoms with van der Waals surface area (Å²) in [5.41, 5.74) is 1.65. The molecule has 0 spiro atoms. The van der Waals surface area contributed by atoms with E-state index in [1.165, 1.54) is 0 Å². The molecular weight excluding hydrogens is 310 g/mol. The number of hydrogen-bond acceptors (Lipinski definition) is 6. The maximum absolute atomic E-state index is 12.3. The van der Waals surface area contributed by atoms with Crippen molar-refractivity contribution in [2.24, 2.45) is 7.05 Å². The fraction of sp³-hybridized carbons (Fsp3) is 0.562. The van der Waals surface area contributed by atoms with Crippen molar-refractivity contribution in [1.29, 1.82) is 0 Å². The van der Waals surface area contributed by atoms with E-state index >= 15 is 0 Å². The SMILES string of the molecule is Cc1nc(C)c(C(=O)NC[C@@H]2OCCN(C)[C@H]2c2ccnn2C)o1. The van der Waals surface area contributed by atoms with Crippen LogP contribution in [0.3, 0.4) is 0 Å². The Bertz CT molecular complexity index is 723. The van der Waals surface area contributed by atoms with Gasteiger partial charge in [0.1, 0.15) is 0 Å². The van der Waals surface area contributed by atoms with E-state index in [0.717, 1.165) is 12.2 Å². The fourth-order valence-electron chi connectivity index (χ4n) is 3.14. The van der Waals surface area contributed by atoms with Crippen molar-refractivity contribution in [3.8, 4) is 0 Å². The molecule has 24 heavy (non-hydrogen) atoms. The van der Waals surface area contributed by atoms with Gasteiger partial charge in [-0.3, -0.25) is 14.4 Å². The van der Waals surface area contributed by atoms with E-state index in [9.17, 15) is 4.79 Å². The van der Waals surface area contributed by atoms with Crippen LogP contribution in [0.4, 0.5) is 0 Å². The minimum Gasteiger partial charge on any atom is -0.436 e. The van der Waals surface area contributed by atoms with Gasteiger partial charge in [-0.15, -0.1) is 0 Å². The van der Waals surface area contributed by atoms with Crippen molar-refractivity contribution in [3.63, 3.8) is 0 Å². The first-order valence-electron chi connectivity index (χ1n) is 7.99. The van der Waals surface area contributed by atoms with Gasteiger partial charge in [0.25, 0.3) is 5.91 Å². The van der Waals surface area contributed by atoms with Crippen molar-refractivity contribution < 1.29 is 13.9 Å². The quantitative estimate of drug-likeness (QED) is 0.892. The van der Waals surface area contributed by atoms with E-state index in [2.05, 4.69) is 27.3 Å². The van der Waals surface area contributed by atoms with Crippen LogP contribution in [0.2, 0.25) is 0 Å². The molecule has 1 N–H and O–H groups in total. The molecule has 1 aliphatic heterocycles. The van der Waals surface area contributed by atoms with Gasteiger partial charge in [-0.2, -0.15) is 5.10 Å². The normalized spacial score (nSPS) is 21.8. The van der Waals surface area contributed by atoms with Crippen LogP contribution in [-0.2, 0) is 11.8 Å². The number of nitrogens with zero attached hydrogens (tertiary/aromatic N) is 4. The van der Waals surface area contributed by atoms with E-state index in [0.29, 0.717) is 24.7 Å². The Hall–Kier alpha value is -2.19. The van der Waals surface area contributed by atoms with Gasteiger partial charge < -0.3 is 14.5 Å². The number of nitrogens with one attached hydrogen (secondary N) is 1. The Morgan fingerprint density at radius 2 is 2.21 bits per heavy atom. The number of aromatic nitrogens is 3. The molecule has 3 rings (SSSR count). The molecule has 2 aromatic rings. The van der Waals surface area contributed by atoms with Crippen LogP contribution in [0.25, 0.3) is 0 Å². The Morgan fingerprint density at radius 3 is 2.83 bits per heavy atom. The number of oxazole rings is 1. The molecule has 2 atom stereocenters. The zero-order valence-corrected chi connectivity index (χ0v) is 14.4. The third-order valence-electron chi connectivity index (χ3n) is 4.34. The number of amides is 1. The highest BCUT2D eigenvalue weighted by Gasteiger charge is 2.33. The summed E-state index contributed by atoms with van der Waals surface area (Å²) in [7, 11) is 3.97. The minimum absolute atomic E-state index is 0.0316. The van der Waals surface area contributed by atoms with Gasteiger partial charge in [-0.25, -0.2) is 4.98 Å². The number of carbonyl (C=O) groups excluding carboxylic acids is 1. The fourth-order valence-corrected chi connectivity index (χ4v) is 3.14. The molecule has 1 aliphatic rings. The highest BCUT2D eigenvalue weighted by atomic mass is 16.5. The van der Waals surface area contributed by atoms with Gasteiger partial charge in [0.15, 0.2) is 5.89 Å². The number of likely N-dealkylation sites (N-methyl/N-ethyl adjacent to an activating group) is 1. The van der Waals surface area contributed by atoms with Crippen molar-refractivity contribution in [2.75, 3.05) is 26.7 Å². The van der Waals surface area contributed by atoms with Crippen molar-refractivity contribution in [1.82, 2.24) is 25.0 Å². The summed E-state index contributed by atoms with van der Waals surface area (Å²) in [5.74, 6) is 0.474. The van der Waals surface area contributed by atoms with Crippen molar-refractivity contribution in [2.45, 2.75) is 26.0 Å². The molecule has 0 radical (unpaired) electrons. The predicted octanol–water partition coefficient (Wildman–Crippen LogP) is 0.827. The van der Waals surface area contributed by atoms with Gasteiger partial charge >= 0.3 is 0 Å². The van der Waals surface area contributed by atoms with E-state index in [-0.39, 0.29) is 23.8 Å². The van der Waals surface area contributed by atoms with Crippen LogP contribution < -0.4 is 5.32 Å². The summed E-state index contributed by atoms with van der Waals surface area (Å²) in [4.78, 5) is 18.7. The second-order valence-electron chi connectivity index (χ2n) is 6.07. The lowest BCUT2D eigenvalue weighted by molar-refractivity contribution is -0.0629. The number of carbonyl (C=O) groups is 1. The van der Waals surface area contributed by atoms with Gasteiger partial charge in [-0.05, 0) is 20.0 Å². The predicted molar refractivity (Wildman–Crippen MR) is 86.6 cm³/mol. The van der Waals surface area contributed by atoms with Crippen LogP contribution in [0.1, 0.15) is 33.9 Å². The first-order valence-corrected chi connectivity index (χ1v) is 7.99. The van der Waals surface area contributed by atoms with E-state index in [1.807, 2.05) is 17.8 Å². The summed E-state index contributed by atoms with van der Waals surface area (Å²) < 4.78 is 13.1. The lowest BCUT2D eigenvalue weighted by atomic mass is 10.0. The Kier molecular flexibility index (Phi) is 4.68. The monoisotopic (exact) mass is 333 g/mol. The summed E-state index contributed by atoms with van der Waals surface area (Å²) in [5, 5.41) is 7.14. The van der Waals surface area contributed by atoms with Gasteiger partial charge in [0.2, 0.25) is 5.76 Å². The maximum atomic E-state index is 12.3. The summed E-state index contributed by atoms with van der Waals surface area (Å²) in [6, 6.07) is 2.01. The number of morpholine rings is 1. The van der Waals surface area contributed by atoms with Crippen LogP contribution in [-0.4, -0.2) is 58.4 Å². The topological polar surface area (TPSA) is 85.4 Å². The standard InChI is InChI=1S/C16H23N5O3/c1-10-15(24-11(2)19-10)16(22)17-9-13-14(20(3)7-8-23-13)12-5-6-18-21(12)4/h5-6,13-14H,7-9H2,1-4H3,(H,17,22)/t13-,14-/m0/s1. The zero-order chi connectivity index (χ0) is 17.3. The summed E-state index contributed by atoms with van der Waals surface area (Å²) in [6.07, 6.45) is 1.61. The lowest BCUT2D eigenvalue weighted by Crippen LogP contribution is -2.48. The summed E-state index contributed by atoms with van der Waals surface area (Å²) >= 11 is 0. The zero-order valence-electron chi connectivity index (χ0n) is 14.4. The lowest BCUT2D eigenvalue weighted by Gasteiger charge is -2.39. The van der Waals surface area contributed by atoms with Gasteiger partial charge in [0.05, 0.1) is 30.1 Å². The molecule has 0 unspecified atom stereocenters. The molecule has 0 bridgehead atoms. The summed E-state index contributed by atoms with van der Waals surface area (Å²) in [6.45, 7) is 5.33. The first kappa shape index (κ1) is 16.7. The van der Waals surface area contributed by atoms with E-state index < -0.39 is 0 Å². The molecule has 0 aromatic carbocycles. The molecule has 1 amide bonds. The largest absolute Gasteiger partial charge is 0.436 e. The average Bonchev–Trinajstić information content (AvgIpc) is 3.10. The third kappa shape index (κ3) is 3.20. The smallest absolute Gasteiger partial charge is 0.289 e. The molecule has 3 heterocycles. The Morgan fingerprint density at radius 1 is 1.42 bits per heavy atom. The molecule has 0 aliphatic carbocycles. The van der Waals surface area contributed by atoms with Crippen molar-refractivity contribution >= 4 is 5.91 Å². The van der Waals surface area contributed by atoms with Crippen molar-refractivity contribution in [3.05, 3.63) is 35.3 Å². The van der Waals surface area contributed by atoms with Gasteiger partial charge in [0, 0.05) is 33.3 Å². The molecule has 1 fully saturated rings. The third-order valence-corrected chi connectivity index (χ3v) is 4.34. The molecular formula is C16H23N5O3. The second-order valence-corrected chi connectivity index (χ2v) is 6.07. The first-order chi connectivity index (χ1) is 11.5. The molecule has 1 saturated heterocycles. The Balaban J connectivity index is 1.71. The maximum Gasteiger partial charge on any atom is 0.289 e. The highest BCUT2D eigenvalue weighted by molar-refractivity contribution is 5.92. The average molecular weight is 333 g/mol. The van der Waals surface area contributed by atoms with Crippen LogP contribution >= 0.6 is 0 Å². The van der Waals surface area contributed by atoms with Crippen LogP contribution in [0.15, 0.2) is 16.7 Å². The number of aryl methyl sites for hydroxylation is 3. The molecule has 8 heteroatoms. The second kappa shape index (κ2) is 6.74. The highest BCUT2D eigenvalue weighted by Crippen LogP contribution is 2.27. The van der Waals surface area contributed by atoms with Crippen LogP contribution in [0, 0.1) is 13.8 Å². The number of hydrogen-bond donors (Lipinski definition) is 1. The van der Waals surface area contributed by atoms with E-state index in [4.69, 9.17) is 9.15 Å². The van der Waals surface area contributed by atoms with Crippen LogP contribution in [0.5, 0.6) is 0 Å². The molecule has 130 valence electrons. The minimum atomic E-state index is -0.270. The number of rotatable bonds is 4. The number of ether oxygens (including phenoxy) is 1.